The molecule has 1 amide bonds. The minimum Gasteiger partial charge on any atom is -0.393 e. The van der Waals surface area contributed by atoms with Crippen LogP contribution in [0.3, 0.4) is 0 Å². The molecule has 0 radical (unpaired) electrons. The molecule has 190 valence electrons. The van der Waals surface area contributed by atoms with Crippen LogP contribution in [-0.4, -0.2) is 55.1 Å². The molecular weight excluding hydrogens is 475 g/mol. The van der Waals surface area contributed by atoms with Gasteiger partial charge >= 0.3 is 0 Å². The highest BCUT2D eigenvalue weighted by atomic mass is 19.1. The summed E-state index contributed by atoms with van der Waals surface area (Å²) >= 11 is 0. The van der Waals surface area contributed by atoms with Crippen LogP contribution in [-0.2, 0) is 0 Å². The largest absolute Gasteiger partial charge is 0.393 e. The second kappa shape index (κ2) is 8.37. The van der Waals surface area contributed by atoms with Crippen molar-refractivity contribution in [2.24, 2.45) is 0 Å². The Morgan fingerprint density at radius 2 is 1.95 bits per heavy atom. The second-order valence-electron chi connectivity index (χ2n) is 10.5. The first-order valence-electron chi connectivity index (χ1n) is 12.8. The van der Waals surface area contributed by atoms with Gasteiger partial charge in [0.1, 0.15) is 6.17 Å². The molecule has 1 saturated carbocycles. The fraction of sp³-hybridized carbons (Fsp3) is 0.407. The minimum absolute atomic E-state index is 0.235. The lowest BCUT2D eigenvalue weighted by atomic mass is 9.99. The molecule has 2 N–H and O–H groups in total. The first-order chi connectivity index (χ1) is 17.9. The normalized spacial score (nSPS) is 26.6. The lowest BCUT2D eigenvalue weighted by Crippen LogP contribution is -2.44. The van der Waals surface area contributed by atoms with Gasteiger partial charge < -0.3 is 19.8 Å². The summed E-state index contributed by atoms with van der Waals surface area (Å²) in [4.78, 5) is 20.1. The molecule has 2 aliphatic heterocycles. The number of alkyl halides is 1. The van der Waals surface area contributed by atoms with Crippen LogP contribution in [0.2, 0.25) is 0 Å². The molecule has 2 unspecified atom stereocenters. The third-order valence-corrected chi connectivity index (χ3v) is 7.97. The summed E-state index contributed by atoms with van der Waals surface area (Å²) in [5.74, 6) is 0.104. The van der Waals surface area contributed by atoms with E-state index in [0.29, 0.717) is 47.0 Å². The number of nitrogens with zero attached hydrogens (tertiary/aromatic N) is 5. The number of aliphatic hydroxyl groups is 1. The van der Waals surface area contributed by atoms with Gasteiger partial charge in [-0.1, -0.05) is 17.3 Å². The van der Waals surface area contributed by atoms with Gasteiger partial charge in [0.2, 0.25) is 11.7 Å². The van der Waals surface area contributed by atoms with Crippen LogP contribution in [0.5, 0.6) is 0 Å². The highest BCUT2D eigenvalue weighted by Gasteiger charge is 2.43. The summed E-state index contributed by atoms with van der Waals surface area (Å²) in [7, 11) is 0. The zero-order valence-electron chi connectivity index (χ0n) is 20.3. The number of nitrogens with one attached hydrogen (secondary N) is 1. The summed E-state index contributed by atoms with van der Waals surface area (Å²) in [6, 6.07) is 10.2. The van der Waals surface area contributed by atoms with E-state index < -0.39 is 6.17 Å². The van der Waals surface area contributed by atoms with Crippen LogP contribution in [0.25, 0.3) is 16.9 Å². The molecule has 7 rings (SSSR count). The quantitative estimate of drug-likeness (QED) is 0.420. The Labute approximate surface area is 212 Å². The van der Waals surface area contributed by atoms with E-state index in [-0.39, 0.29) is 17.9 Å². The van der Waals surface area contributed by atoms with Crippen LogP contribution in [0.15, 0.2) is 47.2 Å². The number of rotatable bonds is 5. The Balaban J connectivity index is 1.16. The molecule has 3 aliphatic rings. The van der Waals surface area contributed by atoms with Gasteiger partial charge in [0.15, 0.2) is 0 Å². The first-order valence-corrected chi connectivity index (χ1v) is 12.8. The van der Waals surface area contributed by atoms with Gasteiger partial charge in [-0.2, -0.15) is 10.1 Å². The third-order valence-electron chi connectivity index (χ3n) is 7.97. The average molecular weight is 503 g/mol. The number of benzene rings is 1. The van der Waals surface area contributed by atoms with E-state index in [0.717, 1.165) is 42.5 Å². The molecule has 0 spiro atoms. The number of aromatic nitrogens is 4. The van der Waals surface area contributed by atoms with Crippen molar-refractivity contribution in [3.8, 4) is 11.4 Å². The predicted octanol–water partition coefficient (Wildman–Crippen LogP) is 4.26. The van der Waals surface area contributed by atoms with E-state index in [1.807, 2.05) is 37.4 Å². The monoisotopic (exact) mass is 502 g/mol. The minimum atomic E-state index is -0.913. The van der Waals surface area contributed by atoms with Crippen molar-refractivity contribution in [1.82, 2.24) is 19.8 Å². The number of fused-ring (bicyclic) bond motifs is 3. The number of carbonyl (C=O) groups excluding carboxylic acids is 1. The van der Waals surface area contributed by atoms with E-state index >= 15 is 0 Å². The van der Waals surface area contributed by atoms with Crippen LogP contribution in [0.4, 0.5) is 15.8 Å². The lowest BCUT2D eigenvalue weighted by molar-refractivity contribution is 0.102. The summed E-state index contributed by atoms with van der Waals surface area (Å²) < 4.78 is 20.3. The van der Waals surface area contributed by atoms with Gasteiger partial charge in [0.05, 0.1) is 29.3 Å². The average Bonchev–Trinajstić information content (AvgIpc) is 3.22. The molecule has 3 aromatic heterocycles. The summed E-state index contributed by atoms with van der Waals surface area (Å²) in [5.41, 5.74) is 4.44. The second-order valence-corrected chi connectivity index (χ2v) is 10.5. The van der Waals surface area contributed by atoms with Crippen molar-refractivity contribution < 1.29 is 18.8 Å². The summed E-state index contributed by atoms with van der Waals surface area (Å²) in [6.45, 7) is 1.91. The molecule has 1 aliphatic carbocycles. The zero-order valence-corrected chi connectivity index (χ0v) is 20.3. The van der Waals surface area contributed by atoms with Crippen molar-refractivity contribution in [3.05, 3.63) is 59.7 Å². The van der Waals surface area contributed by atoms with Gasteiger partial charge in [-0.25, -0.2) is 8.91 Å². The van der Waals surface area contributed by atoms with Gasteiger partial charge in [-0.3, -0.25) is 4.79 Å². The van der Waals surface area contributed by atoms with Crippen molar-refractivity contribution in [1.29, 1.82) is 0 Å². The van der Waals surface area contributed by atoms with Gasteiger partial charge in [-0.05, 0) is 62.8 Å². The fourth-order valence-electron chi connectivity index (χ4n) is 5.88. The maximum Gasteiger partial charge on any atom is 0.259 e. The Bertz CT molecular complexity index is 1500. The van der Waals surface area contributed by atoms with Crippen molar-refractivity contribution in [2.75, 3.05) is 10.2 Å². The Hall–Kier alpha value is -3.79. The molecule has 10 heteroatoms. The smallest absolute Gasteiger partial charge is 0.259 e. The number of hydrogen-bond acceptors (Lipinski definition) is 7. The van der Waals surface area contributed by atoms with E-state index in [1.54, 1.807) is 16.8 Å². The number of aryl methyl sites for hydroxylation is 1. The summed E-state index contributed by atoms with van der Waals surface area (Å²) in [5, 5.41) is 21.6. The van der Waals surface area contributed by atoms with Gasteiger partial charge in [0.25, 0.3) is 5.91 Å². The van der Waals surface area contributed by atoms with Crippen molar-refractivity contribution in [3.63, 3.8) is 0 Å². The van der Waals surface area contributed by atoms with E-state index in [1.165, 1.54) is 0 Å². The molecule has 5 heterocycles. The number of piperidine rings is 1. The van der Waals surface area contributed by atoms with Crippen molar-refractivity contribution in [2.45, 2.75) is 69.3 Å². The molecule has 9 nitrogen and oxygen atoms in total. The number of pyridine rings is 1. The fourth-order valence-corrected chi connectivity index (χ4v) is 5.88. The highest BCUT2D eigenvalue weighted by Crippen LogP contribution is 2.43. The van der Waals surface area contributed by atoms with Crippen LogP contribution < -0.4 is 10.2 Å². The number of hydrogen-bond donors (Lipinski definition) is 2. The predicted molar refractivity (Wildman–Crippen MR) is 134 cm³/mol. The van der Waals surface area contributed by atoms with Crippen LogP contribution >= 0.6 is 0 Å². The molecule has 2 saturated heterocycles. The van der Waals surface area contributed by atoms with Crippen LogP contribution in [0.1, 0.15) is 59.8 Å². The molecule has 4 atom stereocenters. The van der Waals surface area contributed by atoms with Gasteiger partial charge in [-0.15, -0.1) is 0 Å². The first kappa shape index (κ1) is 22.4. The topological polar surface area (TPSA) is 109 Å². The number of carbonyl (C=O) groups is 1. The third kappa shape index (κ3) is 3.87. The Kier molecular flexibility index (Phi) is 5.07. The zero-order chi connectivity index (χ0) is 25.3. The number of anilines is 2. The van der Waals surface area contributed by atoms with E-state index in [2.05, 4.69) is 25.5 Å². The lowest BCUT2D eigenvalue weighted by Gasteiger charge is -2.39. The maximum atomic E-state index is 13.4. The van der Waals surface area contributed by atoms with E-state index in [9.17, 15) is 14.3 Å². The highest BCUT2D eigenvalue weighted by molar-refractivity contribution is 6.09. The number of amides is 1. The molecular formula is C27H27FN6O3. The number of halogens is 1. The number of aliphatic hydroxyl groups excluding tert-OH is 1. The van der Waals surface area contributed by atoms with Crippen molar-refractivity contribution >= 4 is 22.8 Å². The molecule has 1 aromatic carbocycles. The molecule has 2 bridgehead atoms. The Morgan fingerprint density at radius 1 is 1.16 bits per heavy atom. The maximum absolute atomic E-state index is 13.4. The molecule has 3 fully saturated rings. The molecule has 4 aromatic rings. The van der Waals surface area contributed by atoms with E-state index in [4.69, 9.17) is 4.52 Å². The Morgan fingerprint density at radius 3 is 2.70 bits per heavy atom. The SMILES string of the molecule is Cc1ccc(-c2noc([C@H]3C[C@@H]3F)n2)cc1NC(=O)c1cnn2ccc(N3C4CCC3CC(O)C4)cc12. The summed E-state index contributed by atoms with van der Waals surface area (Å²) in [6.07, 6.45) is 6.44. The van der Waals surface area contributed by atoms with Crippen LogP contribution in [0, 0.1) is 6.92 Å². The standard InChI is InChI=1S/C27H27FN6O3/c1-14-2-3-15(25-31-27(37-32-25)20-12-22(20)28)8-23(14)30-26(36)21-13-29-33-7-6-18(11-24(21)33)34-16-4-5-17(34)10-19(35)9-16/h2-3,6-8,11,13,16-17,19-20,22,35H,4-5,9-10,12H2,1H3,(H,30,36)/t16?,17?,19?,20-,22-/m0/s1. The molecule has 37 heavy (non-hydrogen) atoms. The van der Waals surface area contributed by atoms with Gasteiger partial charge in [0, 0.05) is 35.2 Å².